The number of carbonyl (C=O) groups is 1. The van der Waals surface area contributed by atoms with Crippen LogP contribution in [0.15, 0.2) is 48.6 Å². The molecule has 0 saturated carbocycles. The summed E-state index contributed by atoms with van der Waals surface area (Å²) in [5.74, 6) is -0.202. The Kier molecular flexibility index (Phi) is 52.1. The van der Waals surface area contributed by atoms with Gasteiger partial charge in [-0.3, -0.25) is 4.79 Å². The summed E-state index contributed by atoms with van der Waals surface area (Å²) in [5.41, 5.74) is 0. The van der Waals surface area contributed by atoms with Gasteiger partial charge in [-0.15, -0.1) is 0 Å². The van der Waals surface area contributed by atoms with Crippen LogP contribution < -0.4 is 5.32 Å². The van der Waals surface area contributed by atoms with Crippen molar-refractivity contribution in [2.45, 2.75) is 376 Å². The molecule has 9 N–H and O–H groups in total. The zero-order valence-corrected chi connectivity index (χ0v) is 54.1. The third-order valence-corrected chi connectivity index (χ3v) is 17.3. The minimum absolute atomic E-state index is 0.202. The third-order valence-electron chi connectivity index (χ3n) is 17.3. The maximum atomic E-state index is 13.4. The number of nitrogens with one attached hydrogen (secondary N) is 1. The standard InChI is InChI=1S/C71H131NO13/c1-3-5-7-9-11-13-15-17-19-21-23-25-26-27-28-29-30-31-32-33-34-35-37-39-41-43-45-47-49-51-53-55-63(76)72-59(60(75)54-52-50-48-46-44-42-40-38-36-24-22-20-18-16-14-12-10-8-6-4-2)58-82-70-68(81)66(79)69(62(57-74)84-70)85-71-67(80)65(78)64(77)61(56-73)83-71/h5,7,11,13,17,19,23,25,59-62,64-71,73-75,77-81H,3-4,6,8-10,12,14-16,18,20-22,24,26-58H2,1-2H3,(H,72,76)/b7-5-,13-11-,19-17-,25-23-. The molecule has 14 nitrogen and oxygen atoms in total. The normalized spacial score (nSPS) is 23.8. The molecule has 0 spiro atoms. The molecule has 2 aliphatic heterocycles. The van der Waals surface area contributed by atoms with Crippen molar-refractivity contribution in [1.29, 1.82) is 0 Å². The lowest BCUT2D eigenvalue weighted by Gasteiger charge is -2.46. The molecule has 0 aromatic carbocycles. The van der Waals surface area contributed by atoms with Gasteiger partial charge >= 0.3 is 0 Å². The van der Waals surface area contributed by atoms with E-state index in [0.717, 1.165) is 77.0 Å². The summed E-state index contributed by atoms with van der Waals surface area (Å²) in [7, 11) is 0. The Labute approximate surface area is 518 Å². The highest BCUT2D eigenvalue weighted by Gasteiger charge is 2.51. The van der Waals surface area contributed by atoms with Crippen LogP contribution in [0.2, 0.25) is 0 Å². The minimum Gasteiger partial charge on any atom is -0.394 e. The Balaban J connectivity index is 1.64. The Morgan fingerprint density at radius 1 is 0.435 bits per heavy atom. The highest BCUT2D eigenvalue weighted by molar-refractivity contribution is 5.76. The molecule has 0 aromatic heterocycles. The fourth-order valence-corrected chi connectivity index (χ4v) is 11.7. The average molecular weight is 1210 g/mol. The Morgan fingerprint density at radius 2 is 0.812 bits per heavy atom. The average Bonchev–Trinajstić information content (AvgIpc) is 3.68. The summed E-state index contributed by atoms with van der Waals surface area (Å²) in [6, 6.07) is -0.829. The number of allylic oxidation sites excluding steroid dienone is 8. The van der Waals surface area contributed by atoms with Gasteiger partial charge in [0.2, 0.25) is 5.91 Å². The first-order chi connectivity index (χ1) is 41.6. The van der Waals surface area contributed by atoms with Crippen molar-refractivity contribution in [3.8, 4) is 0 Å². The van der Waals surface area contributed by atoms with Crippen molar-refractivity contribution in [2.75, 3.05) is 19.8 Å². The Bertz CT molecular complexity index is 1610. The predicted molar refractivity (Wildman–Crippen MR) is 346 cm³/mol. The van der Waals surface area contributed by atoms with Crippen molar-refractivity contribution >= 4 is 5.91 Å². The lowest BCUT2D eigenvalue weighted by Crippen LogP contribution is -2.65. The van der Waals surface area contributed by atoms with Crippen molar-refractivity contribution in [3.63, 3.8) is 0 Å². The number of ether oxygens (including phenoxy) is 4. The molecule has 2 rings (SSSR count). The van der Waals surface area contributed by atoms with Gasteiger partial charge in [0.05, 0.1) is 32.0 Å². The van der Waals surface area contributed by atoms with Gasteiger partial charge in [0, 0.05) is 6.42 Å². The van der Waals surface area contributed by atoms with Crippen molar-refractivity contribution in [3.05, 3.63) is 48.6 Å². The monoisotopic (exact) mass is 1210 g/mol. The molecule has 2 saturated heterocycles. The van der Waals surface area contributed by atoms with Crippen LogP contribution in [0, 0.1) is 0 Å². The molecule has 85 heavy (non-hydrogen) atoms. The first kappa shape index (κ1) is 79.0. The zero-order chi connectivity index (χ0) is 61.6. The second-order valence-corrected chi connectivity index (χ2v) is 25.0. The molecule has 0 radical (unpaired) electrons. The van der Waals surface area contributed by atoms with E-state index >= 15 is 0 Å². The fraction of sp³-hybridized carbons (Fsp3) is 0.873. The van der Waals surface area contributed by atoms with E-state index in [-0.39, 0.29) is 12.5 Å². The third kappa shape index (κ3) is 40.3. The van der Waals surface area contributed by atoms with Crippen molar-refractivity contribution in [2.24, 2.45) is 0 Å². The van der Waals surface area contributed by atoms with Gasteiger partial charge in [-0.2, -0.15) is 0 Å². The van der Waals surface area contributed by atoms with Gasteiger partial charge in [0.25, 0.3) is 0 Å². The molecule has 498 valence electrons. The molecular formula is C71H131NO13. The molecular weight excluding hydrogens is 1070 g/mol. The van der Waals surface area contributed by atoms with E-state index in [0.29, 0.717) is 12.8 Å². The lowest BCUT2D eigenvalue weighted by atomic mass is 9.97. The van der Waals surface area contributed by atoms with E-state index < -0.39 is 86.8 Å². The number of rotatable bonds is 58. The van der Waals surface area contributed by atoms with Crippen LogP contribution in [0.1, 0.15) is 303 Å². The number of unbranched alkanes of at least 4 members (excludes halogenated alkanes) is 37. The maximum absolute atomic E-state index is 13.4. The van der Waals surface area contributed by atoms with Crippen molar-refractivity contribution in [1.82, 2.24) is 5.32 Å². The van der Waals surface area contributed by atoms with Crippen LogP contribution in [0.25, 0.3) is 0 Å². The second kappa shape index (κ2) is 56.0. The van der Waals surface area contributed by atoms with Crippen molar-refractivity contribution < 1.29 is 64.6 Å². The molecule has 14 heteroatoms. The summed E-state index contributed by atoms with van der Waals surface area (Å²) in [5, 5.41) is 87.6. The summed E-state index contributed by atoms with van der Waals surface area (Å²) in [6.07, 6.45) is 55.5. The highest BCUT2D eigenvalue weighted by Crippen LogP contribution is 2.30. The number of hydrogen-bond donors (Lipinski definition) is 9. The molecule has 0 aliphatic carbocycles. The number of carbonyl (C=O) groups excluding carboxylic acids is 1. The molecule has 2 fully saturated rings. The minimum atomic E-state index is -1.78. The van der Waals surface area contributed by atoms with Crippen LogP contribution in [0.3, 0.4) is 0 Å². The first-order valence-electron chi connectivity index (χ1n) is 35.4. The van der Waals surface area contributed by atoms with Gasteiger partial charge < -0.3 is 65.1 Å². The summed E-state index contributed by atoms with van der Waals surface area (Å²) in [6.45, 7) is 2.79. The molecule has 2 heterocycles. The Hall–Kier alpha value is -2.05. The summed E-state index contributed by atoms with van der Waals surface area (Å²) in [4.78, 5) is 13.4. The molecule has 12 unspecified atom stereocenters. The van der Waals surface area contributed by atoms with E-state index in [2.05, 4.69) is 67.8 Å². The smallest absolute Gasteiger partial charge is 0.220 e. The Morgan fingerprint density at radius 3 is 1.25 bits per heavy atom. The quantitative estimate of drug-likeness (QED) is 0.0204. The van der Waals surface area contributed by atoms with E-state index in [1.54, 1.807) is 0 Å². The van der Waals surface area contributed by atoms with Crippen LogP contribution in [-0.4, -0.2) is 140 Å². The molecule has 0 aromatic rings. The summed E-state index contributed by atoms with van der Waals surface area (Å²) < 4.78 is 22.9. The zero-order valence-electron chi connectivity index (χ0n) is 54.1. The van der Waals surface area contributed by atoms with Crippen LogP contribution >= 0.6 is 0 Å². The van der Waals surface area contributed by atoms with Crippen LogP contribution in [0.4, 0.5) is 0 Å². The SMILES string of the molecule is CC/C=C\C/C=C\C/C=C\C/C=C\CCCCCCCCCCCCCCCCCCCCC(=O)NC(COC1OC(CO)C(OC2OC(CO)C(O)C(O)C2O)C(O)C1O)C(O)CCCCCCCCCCCCCCCCCCCCCC. The number of hydrogen-bond acceptors (Lipinski definition) is 13. The lowest BCUT2D eigenvalue weighted by molar-refractivity contribution is -0.359. The van der Waals surface area contributed by atoms with Gasteiger partial charge in [-0.1, -0.05) is 294 Å². The topological polar surface area (TPSA) is 228 Å². The van der Waals surface area contributed by atoms with E-state index in [1.807, 2.05) is 0 Å². The molecule has 2 aliphatic rings. The van der Waals surface area contributed by atoms with Gasteiger partial charge in [-0.25, -0.2) is 0 Å². The maximum Gasteiger partial charge on any atom is 0.220 e. The van der Waals surface area contributed by atoms with E-state index in [9.17, 15) is 45.6 Å². The fourth-order valence-electron chi connectivity index (χ4n) is 11.7. The second-order valence-electron chi connectivity index (χ2n) is 25.0. The van der Waals surface area contributed by atoms with E-state index in [4.69, 9.17) is 18.9 Å². The molecule has 1 amide bonds. The van der Waals surface area contributed by atoms with Gasteiger partial charge in [-0.05, 0) is 51.4 Å². The highest BCUT2D eigenvalue weighted by atomic mass is 16.7. The summed E-state index contributed by atoms with van der Waals surface area (Å²) >= 11 is 0. The van der Waals surface area contributed by atoms with E-state index in [1.165, 1.54) is 199 Å². The largest absolute Gasteiger partial charge is 0.394 e. The van der Waals surface area contributed by atoms with Gasteiger partial charge in [0.15, 0.2) is 12.6 Å². The first-order valence-corrected chi connectivity index (χ1v) is 35.4. The van der Waals surface area contributed by atoms with Crippen LogP contribution in [0.5, 0.6) is 0 Å². The predicted octanol–water partition coefficient (Wildman–Crippen LogP) is 14.3. The molecule has 0 bridgehead atoms. The molecule has 12 atom stereocenters. The van der Waals surface area contributed by atoms with Gasteiger partial charge in [0.1, 0.15) is 48.8 Å². The van der Waals surface area contributed by atoms with Crippen LogP contribution in [-0.2, 0) is 23.7 Å². The number of aliphatic hydroxyl groups excluding tert-OH is 8. The number of amides is 1. The number of aliphatic hydroxyl groups is 8.